The predicted molar refractivity (Wildman–Crippen MR) is 252 cm³/mol. The van der Waals surface area contributed by atoms with Crippen molar-refractivity contribution in [2.75, 3.05) is 9.80 Å². The first-order valence-electron chi connectivity index (χ1n) is 21.4. The lowest BCUT2D eigenvalue weighted by atomic mass is 9.35. The van der Waals surface area contributed by atoms with E-state index >= 15 is 0 Å². The molecule has 280 valence electrons. The van der Waals surface area contributed by atoms with Gasteiger partial charge in [0.15, 0.2) is 0 Å². The molecule has 58 heavy (non-hydrogen) atoms. The van der Waals surface area contributed by atoms with Gasteiger partial charge in [0.1, 0.15) is 0 Å². The van der Waals surface area contributed by atoms with Crippen molar-refractivity contribution >= 4 is 145 Å². The molecule has 0 amide bonds. The van der Waals surface area contributed by atoms with Crippen molar-refractivity contribution in [2.24, 2.45) is 0 Å². The van der Waals surface area contributed by atoms with Crippen LogP contribution >= 0.6 is 46.2 Å². The van der Waals surface area contributed by atoms with Crippen LogP contribution in [0.4, 0.5) is 21.4 Å². The SMILES string of the molecule is c1cc2c3c(c1)N(C1CCCCC1)c1sc4ccccc4c1B3c1cc3nc4c(cc3nc1S2)Sc1cccc2c1B4c1c(sc3ccccc13)N2C1CCCCC1. The van der Waals surface area contributed by atoms with E-state index in [2.05, 4.69) is 107 Å². The monoisotopic (exact) mass is 820 g/mol. The Kier molecular flexibility index (Phi) is 7.33. The molecule has 0 N–H and O–H groups in total. The van der Waals surface area contributed by atoms with Gasteiger partial charge in [0.05, 0.1) is 26.1 Å². The highest BCUT2D eigenvalue weighted by atomic mass is 32.2. The van der Waals surface area contributed by atoms with Crippen LogP contribution in [0.2, 0.25) is 0 Å². The van der Waals surface area contributed by atoms with Gasteiger partial charge in [-0.05, 0) is 112 Å². The smallest absolute Gasteiger partial charge is 0.274 e. The van der Waals surface area contributed by atoms with Crippen LogP contribution in [0.1, 0.15) is 64.2 Å². The zero-order chi connectivity index (χ0) is 37.6. The maximum absolute atomic E-state index is 5.82. The summed E-state index contributed by atoms with van der Waals surface area (Å²) < 4.78 is 2.76. The van der Waals surface area contributed by atoms with E-state index in [1.54, 1.807) is 0 Å². The molecule has 2 saturated carbocycles. The second-order valence-corrected chi connectivity index (χ2v) is 21.4. The van der Waals surface area contributed by atoms with Crippen LogP contribution in [0.3, 0.4) is 0 Å². The quantitative estimate of drug-likeness (QED) is 0.162. The third-order valence-electron chi connectivity index (χ3n) is 14.1. The Labute approximate surface area is 355 Å². The summed E-state index contributed by atoms with van der Waals surface area (Å²) in [6.07, 6.45) is 13.0. The van der Waals surface area contributed by atoms with Gasteiger partial charge in [-0.25, -0.2) is 4.98 Å². The van der Waals surface area contributed by atoms with Crippen LogP contribution in [0, 0.1) is 0 Å². The summed E-state index contributed by atoms with van der Waals surface area (Å²) in [6, 6.07) is 38.3. The van der Waals surface area contributed by atoms with Crippen molar-refractivity contribution < 1.29 is 0 Å². The van der Waals surface area contributed by atoms with Crippen molar-refractivity contribution in [3.05, 3.63) is 97.1 Å². The summed E-state index contributed by atoms with van der Waals surface area (Å²) in [5.41, 5.74) is 13.2. The summed E-state index contributed by atoms with van der Waals surface area (Å²) in [7, 11) is 0. The Morgan fingerprint density at radius 1 is 0.500 bits per heavy atom. The van der Waals surface area contributed by atoms with Gasteiger partial charge in [-0.1, -0.05) is 111 Å². The molecular weight excluding hydrogens is 782 g/mol. The van der Waals surface area contributed by atoms with Crippen LogP contribution < -0.4 is 42.7 Å². The molecule has 4 aromatic heterocycles. The van der Waals surface area contributed by atoms with Gasteiger partial charge in [-0.15, -0.1) is 22.7 Å². The number of aromatic nitrogens is 2. The molecule has 0 spiro atoms. The molecule has 0 atom stereocenters. The van der Waals surface area contributed by atoms with E-state index in [1.807, 2.05) is 46.2 Å². The molecule has 0 radical (unpaired) electrons. The molecule has 6 aliphatic rings. The second-order valence-electron chi connectivity index (χ2n) is 17.2. The minimum absolute atomic E-state index is 0.0849. The number of benzene rings is 4. The van der Waals surface area contributed by atoms with E-state index in [9.17, 15) is 0 Å². The molecule has 4 nitrogen and oxygen atoms in total. The molecule has 0 unspecified atom stereocenters. The molecule has 14 rings (SSSR count). The van der Waals surface area contributed by atoms with E-state index in [-0.39, 0.29) is 13.4 Å². The fourth-order valence-corrected chi connectivity index (χ4v) is 16.6. The first kappa shape index (κ1) is 33.6. The number of thiophene rings is 2. The minimum atomic E-state index is 0.0849. The average molecular weight is 821 g/mol. The number of fused-ring (bicyclic) bond motifs is 13. The van der Waals surface area contributed by atoms with Crippen LogP contribution in [0.15, 0.2) is 117 Å². The van der Waals surface area contributed by atoms with Gasteiger partial charge in [-0.3, -0.25) is 4.98 Å². The number of pyridine rings is 2. The number of hydrogen-bond donors (Lipinski definition) is 0. The predicted octanol–water partition coefficient (Wildman–Crippen LogP) is 9.59. The largest absolute Gasteiger partial charge is 0.331 e. The number of hydrogen-bond acceptors (Lipinski definition) is 8. The topological polar surface area (TPSA) is 32.3 Å². The molecule has 2 fully saturated rings. The van der Waals surface area contributed by atoms with Gasteiger partial charge in [0, 0.05) is 53.1 Å². The van der Waals surface area contributed by atoms with Crippen molar-refractivity contribution in [1.29, 1.82) is 0 Å². The summed E-state index contributed by atoms with van der Waals surface area (Å²) in [5, 5.41) is 6.80. The van der Waals surface area contributed by atoms with Gasteiger partial charge in [0.2, 0.25) is 0 Å². The first-order chi connectivity index (χ1) is 28.8. The maximum Gasteiger partial charge on any atom is 0.274 e. The van der Waals surface area contributed by atoms with Gasteiger partial charge in [0.25, 0.3) is 13.4 Å². The van der Waals surface area contributed by atoms with Crippen LogP contribution in [0.5, 0.6) is 0 Å². The summed E-state index contributed by atoms with van der Waals surface area (Å²) in [4.78, 5) is 20.9. The number of anilines is 4. The lowest BCUT2D eigenvalue weighted by Crippen LogP contribution is -2.62. The van der Waals surface area contributed by atoms with Gasteiger partial charge < -0.3 is 9.80 Å². The molecule has 4 aromatic carbocycles. The Balaban J connectivity index is 0.988. The molecule has 0 saturated heterocycles. The zero-order valence-electron chi connectivity index (χ0n) is 32.0. The zero-order valence-corrected chi connectivity index (χ0v) is 35.3. The van der Waals surface area contributed by atoms with E-state index in [1.165, 1.54) is 153 Å². The highest BCUT2D eigenvalue weighted by molar-refractivity contribution is 8.00. The summed E-state index contributed by atoms with van der Waals surface area (Å²) in [6.45, 7) is 0.206. The molecule has 4 aliphatic heterocycles. The fourth-order valence-electron chi connectivity index (χ4n) is 11.7. The van der Waals surface area contributed by atoms with Gasteiger partial charge >= 0.3 is 0 Å². The van der Waals surface area contributed by atoms with Crippen molar-refractivity contribution in [3.8, 4) is 0 Å². The highest BCUT2D eigenvalue weighted by Crippen LogP contribution is 2.48. The lowest BCUT2D eigenvalue weighted by Gasteiger charge is -2.43. The molecule has 2 aliphatic carbocycles. The Hall–Kier alpha value is -4.21. The average Bonchev–Trinajstić information content (AvgIpc) is 3.85. The van der Waals surface area contributed by atoms with E-state index < -0.39 is 0 Å². The Morgan fingerprint density at radius 3 is 1.69 bits per heavy atom. The molecule has 0 bridgehead atoms. The number of nitrogens with zero attached hydrogens (tertiary/aromatic N) is 4. The summed E-state index contributed by atoms with van der Waals surface area (Å²) >= 11 is 7.77. The molecule has 8 aromatic rings. The second kappa shape index (κ2) is 12.7. The first-order valence-corrected chi connectivity index (χ1v) is 24.6. The van der Waals surface area contributed by atoms with Crippen molar-refractivity contribution in [2.45, 2.75) is 96.0 Å². The lowest BCUT2D eigenvalue weighted by molar-refractivity contribution is 0.437. The van der Waals surface area contributed by atoms with Crippen LogP contribution in [-0.2, 0) is 0 Å². The Morgan fingerprint density at radius 2 is 1.05 bits per heavy atom. The minimum Gasteiger partial charge on any atom is -0.331 e. The normalized spacial score (nSPS) is 18.3. The summed E-state index contributed by atoms with van der Waals surface area (Å²) in [5.74, 6) is 0. The highest BCUT2D eigenvalue weighted by Gasteiger charge is 2.47. The van der Waals surface area contributed by atoms with Crippen molar-refractivity contribution in [1.82, 2.24) is 9.97 Å². The van der Waals surface area contributed by atoms with Gasteiger partial charge in [-0.2, -0.15) is 0 Å². The van der Waals surface area contributed by atoms with Crippen LogP contribution in [-0.4, -0.2) is 35.5 Å². The van der Waals surface area contributed by atoms with Crippen molar-refractivity contribution in [3.63, 3.8) is 0 Å². The van der Waals surface area contributed by atoms with E-state index in [0.717, 1.165) is 16.1 Å². The molecule has 10 heteroatoms. The van der Waals surface area contributed by atoms with E-state index in [0.29, 0.717) is 12.1 Å². The van der Waals surface area contributed by atoms with Crippen LogP contribution in [0.25, 0.3) is 31.2 Å². The standard InChI is InChI=1S/C48H38B2N4S4/c1-3-13-27(14-4-1)53-34-19-12-24-39-43(34)49(41-29-17-7-9-21-36(29)57-47(41)53)31-25-32-33(52-46(31)56-39)26-40-45(51-32)50-42-30-18-8-10-22-37(30)58-48(42)54(28-15-5-2-6-16-28)35-20-11-23-38(55-40)44(35)50/h7-12,17-28H,1-6,13-16H2. The fraction of sp³-hybridized carbons (Fsp3) is 0.250. The third-order valence-corrected chi connectivity index (χ3v) is 18.7. The molecular formula is C48H38B2N4S4. The maximum atomic E-state index is 5.82. The molecule has 8 heterocycles. The Bertz CT molecular complexity index is 2850. The number of rotatable bonds is 2. The third kappa shape index (κ3) is 4.63. The van der Waals surface area contributed by atoms with E-state index in [4.69, 9.17) is 9.97 Å².